The molecular weight excluding hydrogens is 555 g/mol. The largest absolute Gasteiger partial charge is 0.492 e. The average molecular weight is 586 g/mol. The summed E-state index contributed by atoms with van der Waals surface area (Å²) >= 11 is 7.58. The third-order valence-corrected chi connectivity index (χ3v) is 8.68. The van der Waals surface area contributed by atoms with Gasteiger partial charge in [0.15, 0.2) is 5.13 Å². The van der Waals surface area contributed by atoms with Crippen LogP contribution in [0.1, 0.15) is 30.4 Å². The lowest BCUT2D eigenvalue weighted by Crippen LogP contribution is -2.55. The van der Waals surface area contributed by atoms with Gasteiger partial charge in [0.25, 0.3) is 0 Å². The summed E-state index contributed by atoms with van der Waals surface area (Å²) < 4.78 is 51.3. The highest BCUT2D eigenvalue weighted by Gasteiger charge is 2.39. The maximum absolute atomic E-state index is 13.1. The number of rotatable bonds is 11. The smallest absolute Gasteiger partial charge is 0.416 e. The van der Waals surface area contributed by atoms with Crippen molar-refractivity contribution in [3.8, 4) is 5.75 Å². The molecule has 0 bridgehead atoms. The van der Waals surface area contributed by atoms with Gasteiger partial charge in [-0.15, -0.1) is 0 Å². The van der Waals surface area contributed by atoms with Crippen molar-refractivity contribution < 1.29 is 32.5 Å². The highest BCUT2D eigenvalue weighted by atomic mass is 35.5. The van der Waals surface area contributed by atoms with E-state index in [1.807, 2.05) is 0 Å². The monoisotopic (exact) mass is 585 g/mol. The molecule has 0 unspecified atom stereocenters. The second kappa shape index (κ2) is 12.3. The van der Waals surface area contributed by atoms with Crippen molar-refractivity contribution >= 4 is 44.3 Å². The molecule has 0 atom stereocenters. The molecule has 1 N–H and O–H groups in total. The number of hydrogen-bond donors (Lipinski definition) is 1. The van der Waals surface area contributed by atoms with Crippen molar-refractivity contribution in [2.75, 3.05) is 51.9 Å². The third-order valence-electron chi connectivity index (χ3n) is 7.29. The molecule has 0 spiro atoms. The standard InChI is InChI=1S/C27H31ClF3N3O4S/c1-33(12-14-37-2)26(9-13-38-22-15-18(16-24(35)36)3-5-20(22)28)7-10-34(11-8-26)25-32-21-6-4-19(27(29,30)31)17-23(21)39-25/h3-6,15,17H,7-14,16H2,1-2H3,(H,35,36). The minimum Gasteiger partial charge on any atom is -0.492 e. The van der Waals surface area contributed by atoms with E-state index in [0.29, 0.717) is 59.3 Å². The fraction of sp³-hybridized carbons (Fsp3) is 0.481. The molecule has 1 fully saturated rings. The number of piperidine rings is 1. The molecule has 0 amide bonds. The zero-order valence-electron chi connectivity index (χ0n) is 21.8. The number of carbonyl (C=O) groups is 1. The maximum atomic E-state index is 13.1. The molecule has 1 aliphatic rings. The molecule has 1 aliphatic heterocycles. The number of methoxy groups -OCH3 is 1. The van der Waals surface area contributed by atoms with Gasteiger partial charge in [-0.1, -0.05) is 29.0 Å². The molecule has 39 heavy (non-hydrogen) atoms. The van der Waals surface area contributed by atoms with Crippen LogP contribution >= 0.6 is 22.9 Å². The van der Waals surface area contributed by atoms with Crippen LogP contribution < -0.4 is 9.64 Å². The van der Waals surface area contributed by atoms with Gasteiger partial charge in [0.05, 0.1) is 40.4 Å². The maximum Gasteiger partial charge on any atom is 0.416 e. The van der Waals surface area contributed by atoms with Crippen molar-refractivity contribution in [2.45, 2.75) is 37.4 Å². The summed E-state index contributed by atoms with van der Waals surface area (Å²) in [5, 5.41) is 10.2. The predicted octanol–water partition coefficient (Wildman–Crippen LogP) is 5.98. The number of nitrogens with zero attached hydrogens (tertiary/aromatic N) is 3. The summed E-state index contributed by atoms with van der Waals surface area (Å²) in [6, 6.07) is 8.64. The number of carboxylic acid groups (broad SMARTS) is 1. The van der Waals surface area contributed by atoms with Crippen LogP contribution in [0, 0.1) is 0 Å². The van der Waals surface area contributed by atoms with E-state index in [4.69, 9.17) is 26.2 Å². The van der Waals surface area contributed by atoms with Crippen LogP contribution in [0.4, 0.5) is 18.3 Å². The van der Waals surface area contributed by atoms with Crippen LogP contribution in [0.15, 0.2) is 36.4 Å². The Balaban J connectivity index is 1.45. The fourth-order valence-electron chi connectivity index (χ4n) is 4.92. The number of thiazole rings is 1. The Bertz CT molecular complexity index is 1300. The predicted molar refractivity (Wildman–Crippen MR) is 146 cm³/mol. The van der Waals surface area contributed by atoms with Gasteiger partial charge in [-0.2, -0.15) is 13.2 Å². The van der Waals surface area contributed by atoms with E-state index < -0.39 is 17.7 Å². The van der Waals surface area contributed by atoms with Gasteiger partial charge in [0.2, 0.25) is 0 Å². The molecule has 1 saturated heterocycles. The number of hydrogen-bond acceptors (Lipinski definition) is 7. The number of fused-ring (bicyclic) bond motifs is 1. The average Bonchev–Trinajstić information content (AvgIpc) is 3.32. The van der Waals surface area contributed by atoms with Crippen molar-refractivity contribution in [3.05, 3.63) is 52.5 Å². The lowest BCUT2D eigenvalue weighted by molar-refractivity contribution is -0.138. The summed E-state index contributed by atoms with van der Waals surface area (Å²) in [4.78, 5) is 20.1. The minimum atomic E-state index is -4.39. The van der Waals surface area contributed by atoms with E-state index >= 15 is 0 Å². The number of aliphatic carboxylic acids is 1. The number of anilines is 1. The Hall–Kier alpha value is -2.60. The van der Waals surface area contributed by atoms with Gasteiger partial charge in [-0.25, -0.2) is 4.98 Å². The molecule has 2 heterocycles. The number of halogens is 4. The van der Waals surface area contributed by atoms with Crippen molar-refractivity contribution in [3.63, 3.8) is 0 Å². The molecule has 7 nitrogen and oxygen atoms in total. The zero-order chi connectivity index (χ0) is 28.2. The molecule has 1 aromatic heterocycles. The quantitative estimate of drug-likeness (QED) is 0.297. The van der Waals surface area contributed by atoms with Crippen molar-refractivity contribution in [1.29, 1.82) is 0 Å². The van der Waals surface area contributed by atoms with Gasteiger partial charge >= 0.3 is 12.1 Å². The molecule has 212 valence electrons. The summed E-state index contributed by atoms with van der Waals surface area (Å²) in [6.45, 7) is 3.07. The number of alkyl halides is 3. The first-order valence-corrected chi connectivity index (χ1v) is 13.8. The number of aromatic nitrogens is 1. The second-order valence-corrected chi connectivity index (χ2v) is 11.2. The van der Waals surface area contributed by atoms with E-state index in [1.165, 1.54) is 17.4 Å². The fourth-order valence-corrected chi connectivity index (χ4v) is 6.15. The summed E-state index contributed by atoms with van der Waals surface area (Å²) in [5.41, 5.74) is 0.310. The zero-order valence-corrected chi connectivity index (χ0v) is 23.3. The molecule has 12 heteroatoms. The summed E-state index contributed by atoms with van der Waals surface area (Å²) in [7, 11) is 3.72. The molecule has 2 aromatic carbocycles. The first-order chi connectivity index (χ1) is 18.5. The second-order valence-electron chi connectivity index (χ2n) is 9.74. The number of likely N-dealkylation sites (N-methyl/N-ethyl adjacent to an activating group) is 1. The van der Waals surface area contributed by atoms with E-state index in [-0.39, 0.29) is 12.0 Å². The Morgan fingerprint density at radius 2 is 1.95 bits per heavy atom. The molecular formula is C27H31ClF3N3O4S. The van der Waals surface area contributed by atoms with E-state index in [1.54, 1.807) is 25.3 Å². The first kappa shape index (κ1) is 29.4. The Morgan fingerprint density at radius 1 is 1.21 bits per heavy atom. The minimum absolute atomic E-state index is 0.115. The van der Waals surface area contributed by atoms with Crippen LogP contribution in [-0.4, -0.2) is 73.5 Å². The SMILES string of the molecule is COCCN(C)C1(CCOc2cc(CC(=O)O)ccc2Cl)CCN(c2nc3ccc(C(F)(F)F)cc3s2)CC1. The number of benzene rings is 2. The Morgan fingerprint density at radius 3 is 2.62 bits per heavy atom. The Kier molecular flexibility index (Phi) is 9.25. The van der Waals surface area contributed by atoms with Crippen molar-refractivity contribution in [1.82, 2.24) is 9.88 Å². The third kappa shape index (κ3) is 7.13. The van der Waals surface area contributed by atoms with Gasteiger partial charge in [0, 0.05) is 32.3 Å². The number of ether oxygens (including phenoxy) is 2. The van der Waals surface area contributed by atoms with Crippen LogP contribution in [0.2, 0.25) is 5.02 Å². The van der Waals surface area contributed by atoms with Gasteiger partial charge in [-0.3, -0.25) is 9.69 Å². The van der Waals surface area contributed by atoms with Crippen LogP contribution in [0.25, 0.3) is 10.2 Å². The first-order valence-electron chi connectivity index (χ1n) is 12.6. The summed E-state index contributed by atoms with van der Waals surface area (Å²) in [5.74, 6) is -0.474. The van der Waals surface area contributed by atoms with Gasteiger partial charge < -0.3 is 19.5 Å². The lowest BCUT2D eigenvalue weighted by atomic mass is 9.83. The van der Waals surface area contributed by atoms with Crippen LogP contribution in [-0.2, 0) is 22.1 Å². The van der Waals surface area contributed by atoms with Crippen molar-refractivity contribution in [2.24, 2.45) is 0 Å². The molecule has 0 radical (unpaired) electrons. The molecule has 0 aliphatic carbocycles. The van der Waals surface area contributed by atoms with E-state index in [9.17, 15) is 18.0 Å². The van der Waals surface area contributed by atoms with Crippen LogP contribution in [0.5, 0.6) is 5.75 Å². The lowest BCUT2D eigenvalue weighted by Gasteiger charge is -2.47. The highest BCUT2D eigenvalue weighted by Crippen LogP contribution is 2.39. The van der Waals surface area contributed by atoms with E-state index in [0.717, 1.165) is 36.7 Å². The topological polar surface area (TPSA) is 75.1 Å². The van der Waals surface area contributed by atoms with Crippen LogP contribution in [0.3, 0.4) is 0 Å². The highest BCUT2D eigenvalue weighted by molar-refractivity contribution is 7.22. The molecule has 0 saturated carbocycles. The van der Waals surface area contributed by atoms with Gasteiger partial charge in [-0.05, 0) is 62.2 Å². The molecule has 4 rings (SSSR count). The normalized spacial score (nSPS) is 15.7. The number of carboxylic acids is 1. The van der Waals surface area contributed by atoms with E-state index in [2.05, 4.69) is 21.8 Å². The summed E-state index contributed by atoms with van der Waals surface area (Å²) in [6.07, 6.45) is -2.20. The molecule has 3 aromatic rings. The Labute approximate surface area is 234 Å². The van der Waals surface area contributed by atoms with Gasteiger partial charge in [0.1, 0.15) is 5.75 Å².